The van der Waals surface area contributed by atoms with E-state index in [0.717, 1.165) is 11.3 Å². The molecule has 2 aromatic carbocycles. The number of hydrogen-bond donors (Lipinski definition) is 2. The first-order chi connectivity index (χ1) is 14.6. The molecule has 8 heteroatoms. The summed E-state index contributed by atoms with van der Waals surface area (Å²) in [6, 6.07) is 15.7. The van der Waals surface area contributed by atoms with Crippen molar-refractivity contribution in [3.8, 4) is 11.4 Å². The van der Waals surface area contributed by atoms with E-state index in [1.165, 1.54) is 0 Å². The lowest BCUT2D eigenvalue weighted by Gasteiger charge is -2.14. The van der Waals surface area contributed by atoms with Gasteiger partial charge in [0.05, 0.1) is 11.4 Å². The second-order valence-electron chi connectivity index (χ2n) is 8.11. The molecule has 0 aliphatic carbocycles. The molecule has 0 radical (unpaired) electrons. The summed E-state index contributed by atoms with van der Waals surface area (Å²) in [6.07, 6.45) is -0.224. The molecule has 0 aliphatic heterocycles. The highest BCUT2D eigenvalue weighted by Crippen LogP contribution is 2.27. The van der Waals surface area contributed by atoms with Gasteiger partial charge in [-0.15, -0.1) is 0 Å². The van der Waals surface area contributed by atoms with Crippen LogP contribution >= 0.6 is 11.6 Å². The number of ether oxygens (including phenoxy) is 1. The number of benzene rings is 2. The molecule has 2 N–H and O–H groups in total. The zero-order valence-corrected chi connectivity index (χ0v) is 18.3. The van der Waals surface area contributed by atoms with Crippen molar-refractivity contribution in [1.29, 1.82) is 0 Å². The predicted molar refractivity (Wildman–Crippen MR) is 119 cm³/mol. The second-order valence-corrected chi connectivity index (χ2v) is 8.55. The van der Waals surface area contributed by atoms with Gasteiger partial charge in [0, 0.05) is 22.9 Å². The SMILES string of the molecule is CC(C)(C)c1cc(NC(=O)Oc2ccc(Cl)cc2)n(-c2cccc(CCC(=O)O)c2)n1. The van der Waals surface area contributed by atoms with Crippen molar-refractivity contribution in [1.82, 2.24) is 9.78 Å². The monoisotopic (exact) mass is 441 g/mol. The average Bonchev–Trinajstić information content (AvgIpc) is 3.12. The number of aromatic nitrogens is 2. The number of halogens is 1. The van der Waals surface area contributed by atoms with E-state index in [4.69, 9.17) is 21.4 Å². The van der Waals surface area contributed by atoms with Crippen LogP contribution < -0.4 is 10.1 Å². The minimum atomic E-state index is -0.855. The smallest absolute Gasteiger partial charge is 0.418 e. The first kappa shape index (κ1) is 22.4. The molecule has 7 nitrogen and oxygen atoms in total. The van der Waals surface area contributed by atoms with Gasteiger partial charge in [0.15, 0.2) is 0 Å². The molecule has 0 spiro atoms. The van der Waals surface area contributed by atoms with Crippen LogP contribution in [0.15, 0.2) is 54.6 Å². The zero-order chi connectivity index (χ0) is 22.6. The molecule has 31 heavy (non-hydrogen) atoms. The summed E-state index contributed by atoms with van der Waals surface area (Å²) >= 11 is 5.86. The number of aliphatic carboxylic acids is 1. The first-order valence-corrected chi connectivity index (χ1v) is 10.2. The number of nitrogens with one attached hydrogen (secondary N) is 1. The van der Waals surface area contributed by atoms with E-state index in [1.54, 1.807) is 35.0 Å². The minimum absolute atomic E-state index is 0.0360. The number of carboxylic acid groups (broad SMARTS) is 1. The lowest BCUT2D eigenvalue weighted by Crippen LogP contribution is -2.19. The third kappa shape index (κ3) is 6.08. The van der Waals surface area contributed by atoms with Crippen molar-refractivity contribution in [2.75, 3.05) is 5.32 Å². The van der Waals surface area contributed by atoms with Gasteiger partial charge >= 0.3 is 12.1 Å². The molecular weight excluding hydrogens is 418 g/mol. The van der Waals surface area contributed by atoms with Gasteiger partial charge in [-0.2, -0.15) is 5.10 Å². The summed E-state index contributed by atoms with van der Waals surface area (Å²) in [7, 11) is 0. The van der Waals surface area contributed by atoms with E-state index in [0.29, 0.717) is 28.7 Å². The van der Waals surface area contributed by atoms with E-state index in [2.05, 4.69) is 10.4 Å². The molecule has 0 unspecified atom stereocenters. The number of carboxylic acids is 1. The fourth-order valence-electron chi connectivity index (χ4n) is 2.87. The summed E-state index contributed by atoms with van der Waals surface area (Å²) in [4.78, 5) is 23.4. The summed E-state index contributed by atoms with van der Waals surface area (Å²) in [5, 5.41) is 16.9. The molecule has 0 fully saturated rings. The maximum absolute atomic E-state index is 12.5. The van der Waals surface area contributed by atoms with Crippen LogP contribution in [0.2, 0.25) is 5.02 Å². The van der Waals surface area contributed by atoms with Gasteiger partial charge in [-0.05, 0) is 48.4 Å². The van der Waals surface area contributed by atoms with E-state index in [1.807, 2.05) is 45.0 Å². The molecule has 3 aromatic rings. The van der Waals surface area contributed by atoms with Crippen molar-refractivity contribution < 1.29 is 19.4 Å². The Morgan fingerprint density at radius 2 is 1.84 bits per heavy atom. The Hall–Kier alpha value is -3.32. The maximum atomic E-state index is 12.5. The van der Waals surface area contributed by atoms with Crippen LogP contribution in [0.25, 0.3) is 5.69 Å². The highest BCUT2D eigenvalue weighted by Gasteiger charge is 2.22. The highest BCUT2D eigenvalue weighted by molar-refractivity contribution is 6.30. The van der Waals surface area contributed by atoms with Gasteiger partial charge in [-0.3, -0.25) is 10.1 Å². The highest BCUT2D eigenvalue weighted by atomic mass is 35.5. The molecule has 1 amide bonds. The van der Waals surface area contributed by atoms with Crippen molar-refractivity contribution in [3.05, 3.63) is 70.9 Å². The predicted octanol–water partition coefficient (Wildman–Crippen LogP) is 5.45. The Morgan fingerprint density at radius 3 is 2.48 bits per heavy atom. The van der Waals surface area contributed by atoms with E-state index in [9.17, 15) is 9.59 Å². The Labute approximate surface area is 185 Å². The van der Waals surface area contributed by atoms with Crippen molar-refractivity contribution >= 4 is 29.5 Å². The Bertz CT molecular complexity index is 1080. The number of nitrogens with zero attached hydrogens (tertiary/aromatic N) is 2. The van der Waals surface area contributed by atoms with Gasteiger partial charge in [-0.25, -0.2) is 9.48 Å². The number of anilines is 1. The molecule has 0 bridgehead atoms. The number of aryl methyl sites for hydroxylation is 1. The van der Waals surface area contributed by atoms with Crippen LogP contribution in [0.4, 0.5) is 10.6 Å². The van der Waals surface area contributed by atoms with Crippen LogP contribution in [0.3, 0.4) is 0 Å². The van der Waals surface area contributed by atoms with Gasteiger partial charge in [0.2, 0.25) is 0 Å². The van der Waals surface area contributed by atoms with Crippen molar-refractivity contribution in [3.63, 3.8) is 0 Å². The standard InChI is InChI=1S/C23H24ClN3O4/c1-23(2,3)19-14-20(25-22(30)31-18-10-8-16(24)9-11-18)27(26-19)17-6-4-5-15(13-17)7-12-21(28)29/h4-6,8-11,13-14H,7,12H2,1-3H3,(H,25,30)(H,28,29). The van der Waals surface area contributed by atoms with E-state index < -0.39 is 12.1 Å². The third-order valence-corrected chi connectivity index (χ3v) is 4.77. The largest absolute Gasteiger partial charge is 0.481 e. The maximum Gasteiger partial charge on any atom is 0.418 e. The van der Waals surface area contributed by atoms with Crippen LogP contribution in [-0.2, 0) is 16.6 Å². The molecule has 0 atom stereocenters. The van der Waals surface area contributed by atoms with E-state index in [-0.39, 0.29) is 11.8 Å². The summed E-state index contributed by atoms with van der Waals surface area (Å²) in [5.74, 6) is -0.0502. The van der Waals surface area contributed by atoms with E-state index >= 15 is 0 Å². The quantitative estimate of drug-likeness (QED) is 0.530. The van der Waals surface area contributed by atoms with Crippen molar-refractivity contribution in [2.24, 2.45) is 0 Å². The zero-order valence-electron chi connectivity index (χ0n) is 17.6. The van der Waals surface area contributed by atoms with Crippen LogP contribution in [0.5, 0.6) is 5.75 Å². The summed E-state index contributed by atoms with van der Waals surface area (Å²) < 4.78 is 6.95. The first-order valence-electron chi connectivity index (χ1n) is 9.78. The molecule has 0 aliphatic rings. The Balaban J connectivity index is 1.88. The Kier molecular flexibility index (Phi) is 6.65. The van der Waals surface area contributed by atoms with Crippen LogP contribution in [0.1, 0.15) is 38.4 Å². The normalized spacial score (nSPS) is 11.2. The van der Waals surface area contributed by atoms with Gasteiger partial charge in [0.1, 0.15) is 11.6 Å². The molecule has 162 valence electrons. The number of carbonyl (C=O) groups is 2. The summed E-state index contributed by atoms with van der Waals surface area (Å²) in [6.45, 7) is 6.08. The van der Waals surface area contributed by atoms with Gasteiger partial charge in [-0.1, -0.05) is 44.5 Å². The van der Waals surface area contributed by atoms with Gasteiger partial charge < -0.3 is 9.84 Å². The van der Waals surface area contributed by atoms with Crippen LogP contribution in [-0.4, -0.2) is 26.9 Å². The van der Waals surface area contributed by atoms with Gasteiger partial charge in [0.25, 0.3) is 0 Å². The Morgan fingerprint density at radius 1 is 1.13 bits per heavy atom. The molecule has 0 saturated heterocycles. The number of carbonyl (C=O) groups excluding carboxylic acids is 1. The lowest BCUT2D eigenvalue weighted by molar-refractivity contribution is -0.136. The molecule has 1 aromatic heterocycles. The number of amides is 1. The van der Waals surface area contributed by atoms with Crippen LogP contribution in [0, 0.1) is 0 Å². The van der Waals surface area contributed by atoms with Crippen molar-refractivity contribution in [2.45, 2.75) is 39.0 Å². The number of rotatable bonds is 6. The third-order valence-electron chi connectivity index (χ3n) is 4.51. The fourth-order valence-corrected chi connectivity index (χ4v) is 2.99. The molecule has 0 saturated carbocycles. The number of hydrogen-bond acceptors (Lipinski definition) is 4. The average molecular weight is 442 g/mol. The second kappa shape index (κ2) is 9.22. The molecule has 3 rings (SSSR count). The fraction of sp³-hybridized carbons (Fsp3) is 0.261. The molecular formula is C23H24ClN3O4. The minimum Gasteiger partial charge on any atom is -0.481 e. The molecule has 1 heterocycles. The summed E-state index contributed by atoms with van der Waals surface area (Å²) in [5.41, 5.74) is 2.11. The lowest BCUT2D eigenvalue weighted by atomic mass is 9.92. The topological polar surface area (TPSA) is 93.5 Å².